The molecule has 3 aromatic rings. The number of aromatic nitrogens is 1. The lowest BCUT2D eigenvalue weighted by Gasteiger charge is -2.36. The van der Waals surface area contributed by atoms with Crippen LogP contribution in [0.2, 0.25) is 0 Å². The van der Waals surface area contributed by atoms with Crippen LogP contribution < -0.4 is 10.2 Å². The highest BCUT2D eigenvalue weighted by molar-refractivity contribution is 6.06. The average molecular weight is 394 g/mol. The van der Waals surface area contributed by atoms with Crippen molar-refractivity contribution in [3.63, 3.8) is 0 Å². The fourth-order valence-corrected chi connectivity index (χ4v) is 4.07. The minimum absolute atomic E-state index is 0.275. The molecular formula is C23H27FN4O. The number of rotatable bonds is 4. The average Bonchev–Trinajstić information content (AvgIpc) is 3.18. The zero-order valence-electron chi connectivity index (χ0n) is 17.1. The highest BCUT2D eigenvalue weighted by Crippen LogP contribution is 2.26. The van der Waals surface area contributed by atoms with Crippen LogP contribution >= 0.6 is 0 Å². The van der Waals surface area contributed by atoms with Gasteiger partial charge in [0.05, 0.1) is 5.52 Å². The number of carbonyl (C=O) groups is 1. The molecule has 5 nitrogen and oxygen atoms in total. The molecule has 1 saturated heterocycles. The number of H-pyrrole nitrogens is 1. The zero-order chi connectivity index (χ0) is 20.5. The van der Waals surface area contributed by atoms with Gasteiger partial charge in [-0.05, 0) is 69.8 Å². The summed E-state index contributed by atoms with van der Waals surface area (Å²) in [6.45, 7) is 3.89. The first-order valence-electron chi connectivity index (χ1n) is 10.0. The minimum Gasteiger partial charge on any atom is -0.371 e. The van der Waals surface area contributed by atoms with Crippen LogP contribution in [0.4, 0.5) is 15.8 Å². The van der Waals surface area contributed by atoms with E-state index in [-0.39, 0.29) is 11.7 Å². The van der Waals surface area contributed by atoms with Crippen LogP contribution in [0.25, 0.3) is 10.9 Å². The fraction of sp³-hybridized carbons (Fsp3) is 0.348. The van der Waals surface area contributed by atoms with Crippen LogP contribution in [0, 0.1) is 12.7 Å². The van der Waals surface area contributed by atoms with Crippen molar-refractivity contribution in [2.45, 2.75) is 25.8 Å². The number of nitrogens with zero attached hydrogens (tertiary/aromatic N) is 2. The number of aryl methyl sites for hydroxylation is 1. The Labute approximate surface area is 170 Å². The Morgan fingerprint density at radius 1 is 1.17 bits per heavy atom. The first kappa shape index (κ1) is 19.5. The first-order chi connectivity index (χ1) is 13.9. The second-order valence-electron chi connectivity index (χ2n) is 8.02. The second-order valence-corrected chi connectivity index (χ2v) is 8.02. The highest BCUT2D eigenvalue weighted by atomic mass is 19.1. The largest absolute Gasteiger partial charge is 0.371 e. The van der Waals surface area contributed by atoms with Gasteiger partial charge < -0.3 is 20.1 Å². The van der Waals surface area contributed by atoms with Crippen molar-refractivity contribution in [1.29, 1.82) is 0 Å². The van der Waals surface area contributed by atoms with E-state index in [0.717, 1.165) is 42.9 Å². The summed E-state index contributed by atoms with van der Waals surface area (Å²) in [4.78, 5) is 20.4. The zero-order valence-corrected chi connectivity index (χ0v) is 17.1. The van der Waals surface area contributed by atoms with Crippen molar-refractivity contribution < 1.29 is 9.18 Å². The molecular weight excluding hydrogens is 367 g/mol. The van der Waals surface area contributed by atoms with Crippen molar-refractivity contribution >= 4 is 28.2 Å². The molecule has 0 spiro atoms. The lowest BCUT2D eigenvalue weighted by Crippen LogP contribution is -2.42. The topological polar surface area (TPSA) is 51.4 Å². The monoisotopic (exact) mass is 394 g/mol. The number of fused-ring (bicyclic) bond motifs is 1. The van der Waals surface area contributed by atoms with Crippen LogP contribution in [0.3, 0.4) is 0 Å². The van der Waals surface area contributed by atoms with E-state index in [1.165, 1.54) is 6.07 Å². The molecule has 1 fully saturated rings. The summed E-state index contributed by atoms with van der Waals surface area (Å²) < 4.78 is 14.0. The van der Waals surface area contributed by atoms with Crippen LogP contribution in [-0.2, 0) is 0 Å². The van der Waals surface area contributed by atoms with Gasteiger partial charge >= 0.3 is 0 Å². The minimum atomic E-state index is -0.330. The molecule has 29 heavy (non-hydrogen) atoms. The Morgan fingerprint density at radius 2 is 1.93 bits per heavy atom. The molecule has 1 aliphatic heterocycles. The number of halogens is 1. The van der Waals surface area contributed by atoms with Gasteiger partial charge in [-0.25, -0.2) is 4.39 Å². The summed E-state index contributed by atoms with van der Waals surface area (Å²) in [6, 6.07) is 13.2. The maximum atomic E-state index is 14.0. The summed E-state index contributed by atoms with van der Waals surface area (Å²) in [5.74, 6) is -0.604. The molecule has 1 aliphatic rings. The van der Waals surface area contributed by atoms with Gasteiger partial charge in [0, 0.05) is 35.9 Å². The van der Waals surface area contributed by atoms with E-state index in [0.29, 0.717) is 22.6 Å². The Hall–Kier alpha value is -2.86. The smallest absolute Gasteiger partial charge is 0.272 e. The van der Waals surface area contributed by atoms with Gasteiger partial charge in [0.1, 0.15) is 11.5 Å². The molecule has 0 saturated carbocycles. The maximum absolute atomic E-state index is 14.0. The van der Waals surface area contributed by atoms with Crippen LogP contribution in [0.15, 0.2) is 42.5 Å². The molecule has 6 heteroatoms. The summed E-state index contributed by atoms with van der Waals surface area (Å²) in [7, 11) is 4.27. The van der Waals surface area contributed by atoms with Gasteiger partial charge in [0.25, 0.3) is 5.91 Å². The van der Waals surface area contributed by atoms with Gasteiger partial charge in [0.2, 0.25) is 0 Å². The number of carbonyl (C=O) groups excluding carboxylic acids is 1. The van der Waals surface area contributed by atoms with Gasteiger partial charge in [0.15, 0.2) is 0 Å². The van der Waals surface area contributed by atoms with Gasteiger partial charge in [-0.2, -0.15) is 0 Å². The van der Waals surface area contributed by atoms with E-state index in [1.54, 1.807) is 12.1 Å². The summed E-state index contributed by atoms with van der Waals surface area (Å²) in [6.07, 6.45) is 2.26. The van der Waals surface area contributed by atoms with Crippen molar-refractivity contribution in [3.05, 3.63) is 59.5 Å². The molecule has 2 N–H and O–H groups in total. The SMILES string of the molecule is Cc1ccc(F)c2cc(C(=O)Nc3cccc(N4CCC(N(C)C)CC4)c3)[nH]c12. The molecule has 4 rings (SSSR count). The summed E-state index contributed by atoms with van der Waals surface area (Å²) in [5, 5.41) is 3.37. The maximum Gasteiger partial charge on any atom is 0.272 e. The standard InChI is InChI=1S/C23H27FN4O/c1-15-7-8-20(24)19-14-21(26-22(15)19)23(29)25-16-5-4-6-18(13-16)28-11-9-17(10-12-28)27(2)3/h4-8,13-14,17,26H,9-12H2,1-3H3,(H,25,29). The number of piperidine rings is 1. The van der Waals surface area contributed by atoms with Crippen LogP contribution in [-0.4, -0.2) is 49.0 Å². The molecule has 0 atom stereocenters. The Morgan fingerprint density at radius 3 is 2.62 bits per heavy atom. The number of benzene rings is 2. The lowest BCUT2D eigenvalue weighted by molar-refractivity contribution is 0.102. The van der Waals surface area contributed by atoms with E-state index in [4.69, 9.17) is 0 Å². The Kier molecular flexibility index (Phi) is 5.28. The normalized spacial score (nSPS) is 15.3. The molecule has 1 aromatic heterocycles. The quantitative estimate of drug-likeness (QED) is 0.690. The molecule has 0 aliphatic carbocycles. The predicted molar refractivity (Wildman–Crippen MR) is 116 cm³/mol. The second kappa shape index (κ2) is 7.87. The number of hydrogen-bond acceptors (Lipinski definition) is 3. The number of amides is 1. The van der Waals surface area contributed by atoms with Gasteiger partial charge in [-0.1, -0.05) is 12.1 Å². The molecule has 2 heterocycles. The molecule has 1 amide bonds. The van der Waals surface area contributed by atoms with E-state index >= 15 is 0 Å². The fourth-order valence-electron chi connectivity index (χ4n) is 4.07. The van der Waals surface area contributed by atoms with Gasteiger partial charge in [-0.15, -0.1) is 0 Å². The molecule has 0 radical (unpaired) electrons. The lowest BCUT2D eigenvalue weighted by atomic mass is 10.0. The summed E-state index contributed by atoms with van der Waals surface area (Å²) in [5.41, 5.74) is 3.76. The van der Waals surface area contributed by atoms with Crippen molar-refractivity contribution in [1.82, 2.24) is 9.88 Å². The molecule has 0 unspecified atom stereocenters. The first-order valence-corrected chi connectivity index (χ1v) is 10.0. The van der Waals surface area contributed by atoms with Crippen LogP contribution in [0.5, 0.6) is 0 Å². The van der Waals surface area contributed by atoms with E-state index in [9.17, 15) is 9.18 Å². The van der Waals surface area contributed by atoms with Gasteiger partial charge in [-0.3, -0.25) is 4.79 Å². The van der Waals surface area contributed by atoms with E-state index < -0.39 is 0 Å². The number of anilines is 2. The third-order valence-electron chi connectivity index (χ3n) is 5.86. The Balaban J connectivity index is 1.49. The Bertz CT molecular complexity index is 996. The van der Waals surface area contributed by atoms with Crippen LogP contribution in [0.1, 0.15) is 28.9 Å². The third-order valence-corrected chi connectivity index (χ3v) is 5.86. The van der Waals surface area contributed by atoms with E-state index in [2.05, 4.69) is 40.3 Å². The molecule has 0 bridgehead atoms. The third kappa shape index (κ3) is 3.98. The number of hydrogen-bond donors (Lipinski definition) is 2. The highest BCUT2D eigenvalue weighted by Gasteiger charge is 2.21. The van der Waals surface area contributed by atoms with E-state index in [1.807, 2.05) is 25.1 Å². The van der Waals surface area contributed by atoms with Crippen molar-refractivity contribution in [2.75, 3.05) is 37.4 Å². The number of nitrogens with one attached hydrogen (secondary N) is 2. The molecule has 2 aromatic carbocycles. The van der Waals surface area contributed by atoms with Crippen molar-refractivity contribution in [3.8, 4) is 0 Å². The predicted octanol–water partition coefficient (Wildman–Crippen LogP) is 4.40. The summed E-state index contributed by atoms with van der Waals surface area (Å²) >= 11 is 0. The number of aromatic amines is 1. The van der Waals surface area contributed by atoms with Crippen molar-refractivity contribution in [2.24, 2.45) is 0 Å². The molecule has 152 valence electrons.